The third kappa shape index (κ3) is 5.09. The van der Waals surface area contributed by atoms with Crippen molar-refractivity contribution in [3.05, 3.63) is 70.0 Å². The van der Waals surface area contributed by atoms with Gasteiger partial charge in [0.2, 0.25) is 5.91 Å². The molecule has 2 aromatic carbocycles. The molecular formula is C27H30N4O3S. The number of anilines is 1. The highest BCUT2D eigenvalue weighted by Gasteiger charge is 2.45. The van der Waals surface area contributed by atoms with E-state index in [-0.39, 0.29) is 12.3 Å². The topological polar surface area (TPSA) is 85.8 Å². The Morgan fingerprint density at radius 3 is 2.46 bits per heavy atom. The number of carbonyl (C=O) groups is 2. The minimum Gasteiger partial charge on any atom is -0.481 e. The van der Waals surface area contributed by atoms with Gasteiger partial charge in [0.15, 0.2) is 0 Å². The number of piperazine rings is 1. The van der Waals surface area contributed by atoms with Gasteiger partial charge in [-0.05, 0) is 43.1 Å². The summed E-state index contributed by atoms with van der Waals surface area (Å²) in [6.07, 6.45) is 0.711. The molecule has 3 aromatic rings. The molecule has 1 aromatic heterocycles. The highest BCUT2D eigenvalue weighted by Crippen LogP contribution is 2.40. The van der Waals surface area contributed by atoms with Crippen LogP contribution in [0.3, 0.4) is 0 Å². The maximum absolute atomic E-state index is 13.3. The van der Waals surface area contributed by atoms with Crippen molar-refractivity contribution in [3.8, 4) is 11.3 Å². The molecule has 7 nitrogen and oxygen atoms in total. The second kappa shape index (κ2) is 9.79. The van der Waals surface area contributed by atoms with E-state index in [1.807, 2.05) is 29.6 Å². The molecule has 1 aliphatic heterocycles. The van der Waals surface area contributed by atoms with Crippen LogP contribution in [0.25, 0.3) is 11.3 Å². The zero-order chi connectivity index (χ0) is 24.4. The lowest BCUT2D eigenvalue weighted by Gasteiger charge is -2.34. The normalized spacial score (nSPS) is 17.2. The Morgan fingerprint density at radius 2 is 1.77 bits per heavy atom. The Kier molecular flexibility index (Phi) is 6.58. The summed E-state index contributed by atoms with van der Waals surface area (Å²) in [5.41, 5.74) is 4.32. The minimum atomic E-state index is -0.954. The van der Waals surface area contributed by atoms with E-state index in [1.54, 1.807) is 0 Å². The van der Waals surface area contributed by atoms with Gasteiger partial charge in [-0.3, -0.25) is 9.59 Å². The predicted octanol–water partition coefficient (Wildman–Crippen LogP) is 3.44. The number of carboxylic acid groups (broad SMARTS) is 1. The third-order valence-corrected chi connectivity index (χ3v) is 7.96. The zero-order valence-corrected chi connectivity index (χ0v) is 20.7. The smallest absolute Gasteiger partial charge is 0.304 e. The first-order valence-corrected chi connectivity index (χ1v) is 12.9. The second-order valence-corrected chi connectivity index (χ2v) is 10.6. The summed E-state index contributed by atoms with van der Waals surface area (Å²) < 4.78 is 0. The molecular weight excluding hydrogens is 460 g/mol. The molecule has 5 rings (SSSR count). The SMILES string of the molecule is CN1CCN(c2cccc(-c3csc(CNC(=O)C4(CC(=O)O)Cc5ccccc5C4)n3)c2)CC1. The van der Waals surface area contributed by atoms with Crippen LogP contribution in [-0.2, 0) is 29.0 Å². The number of aliphatic carboxylic acids is 1. The van der Waals surface area contributed by atoms with Gasteiger partial charge in [0.05, 0.1) is 24.1 Å². The molecule has 0 unspecified atom stereocenters. The zero-order valence-electron chi connectivity index (χ0n) is 19.9. The first kappa shape index (κ1) is 23.5. The lowest BCUT2D eigenvalue weighted by Crippen LogP contribution is -2.44. The monoisotopic (exact) mass is 490 g/mol. The number of aromatic nitrogens is 1. The van der Waals surface area contributed by atoms with Crippen LogP contribution in [0.4, 0.5) is 5.69 Å². The van der Waals surface area contributed by atoms with Gasteiger partial charge >= 0.3 is 5.97 Å². The van der Waals surface area contributed by atoms with E-state index in [4.69, 9.17) is 4.98 Å². The van der Waals surface area contributed by atoms with Crippen LogP contribution in [0.2, 0.25) is 0 Å². The fourth-order valence-corrected chi connectivity index (χ4v) is 5.89. The summed E-state index contributed by atoms with van der Waals surface area (Å²) in [5.74, 6) is -1.17. The summed E-state index contributed by atoms with van der Waals surface area (Å²) in [5, 5.41) is 15.3. The molecule has 35 heavy (non-hydrogen) atoms. The van der Waals surface area contributed by atoms with E-state index in [1.165, 1.54) is 17.0 Å². The van der Waals surface area contributed by atoms with E-state index >= 15 is 0 Å². The van der Waals surface area contributed by atoms with Crippen LogP contribution in [-0.4, -0.2) is 60.1 Å². The molecule has 1 amide bonds. The van der Waals surface area contributed by atoms with Crippen LogP contribution in [0.5, 0.6) is 0 Å². The number of hydrogen-bond donors (Lipinski definition) is 2. The second-order valence-electron chi connectivity index (χ2n) is 9.62. The molecule has 2 N–H and O–H groups in total. The third-order valence-electron chi connectivity index (χ3n) is 7.11. The number of hydrogen-bond acceptors (Lipinski definition) is 6. The summed E-state index contributed by atoms with van der Waals surface area (Å²) in [4.78, 5) is 34.4. The van der Waals surface area contributed by atoms with Crippen molar-refractivity contribution >= 4 is 28.9 Å². The van der Waals surface area contributed by atoms with Crippen LogP contribution >= 0.6 is 11.3 Å². The average molecular weight is 491 g/mol. The van der Waals surface area contributed by atoms with Gasteiger partial charge in [0, 0.05) is 42.8 Å². The van der Waals surface area contributed by atoms with Gasteiger partial charge in [0.25, 0.3) is 0 Å². The standard InChI is InChI=1S/C27H30N4O3S/c1-30-9-11-31(12-10-30)22-8-4-7-19(13-22)23-18-35-24(29-23)17-28-26(34)27(16-25(32)33)14-20-5-2-3-6-21(20)15-27/h2-8,13,18H,9-12,14-17H2,1H3,(H,28,34)(H,32,33). The molecule has 1 fully saturated rings. The van der Waals surface area contributed by atoms with Gasteiger partial charge in [-0.2, -0.15) is 0 Å². The van der Waals surface area contributed by atoms with Gasteiger partial charge in [0.1, 0.15) is 5.01 Å². The number of benzene rings is 2. The van der Waals surface area contributed by atoms with Crippen LogP contribution in [0.15, 0.2) is 53.9 Å². The number of rotatable bonds is 7. The van der Waals surface area contributed by atoms with E-state index in [2.05, 4.69) is 46.4 Å². The summed E-state index contributed by atoms with van der Waals surface area (Å²) in [6.45, 7) is 4.42. The maximum atomic E-state index is 13.3. The summed E-state index contributed by atoms with van der Waals surface area (Å²) in [6, 6.07) is 16.3. The van der Waals surface area contributed by atoms with E-state index < -0.39 is 11.4 Å². The van der Waals surface area contributed by atoms with E-state index in [0.717, 1.165) is 53.6 Å². The van der Waals surface area contributed by atoms with Crippen molar-refractivity contribution in [1.29, 1.82) is 0 Å². The van der Waals surface area contributed by atoms with Crippen molar-refractivity contribution < 1.29 is 14.7 Å². The Bertz CT molecular complexity index is 1210. The van der Waals surface area contributed by atoms with Crippen molar-refractivity contribution in [2.75, 3.05) is 38.1 Å². The molecule has 1 saturated heterocycles. The molecule has 1 aliphatic carbocycles. The Balaban J connectivity index is 1.26. The quantitative estimate of drug-likeness (QED) is 0.528. The highest BCUT2D eigenvalue weighted by molar-refractivity contribution is 7.09. The largest absolute Gasteiger partial charge is 0.481 e. The number of likely N-dealkylation sites (N-methyl/N-ethyl adjacent to an activating group) is 1. The number of carboxylic acids is 1. The molecule has 0 atom stereocenters. The van der Waals surface area contributed by atoms with Crippen molar-refractivity contribution in [2.24, 2.45) is 5.41 Å². The van der Waals surface area contributed by atoms with E-state index in [9.17, 15) is 14.7 Å². The Morgan fingerprint density at radius 1 is 1.06 bits per heavy atom. The van der Waals surface area contributed by atoms with Crippen LogP contribution < -0.4 is 10.2 Å². The minimum absolute atomic E-state index is 0.185. The maximum Gasteiger partial charge on any atom is 0.304 e. The lowest BCUT2D eigenvalue weighted by molar-refractivity contribution is -0.145. The molecule has 8 heteroatoms. The fraction of sp³-hybridized carbons (Fsp3) is 0.370. The molecule has 2 aliphatic rings. The molecule has 2 heterocycles. The van der Waals surface area contributed by atoms with Gasteiger partial charge in [-0.1, -0.05) is 36.4 Å². The van der Waals surface area contributed by atoms with E-state index in [0.29, 0.717) is 19.4 Å². The van der Waals surface area contributed by atoms with Gasteiger partial charge in [-0.25, -0.2) is 4.98 Å². The number of fused-ring (bicyclic) bond motifs is 1. The molecule has 182 valence electrons. The number of amides is 1. The number of nitrogens with zero attached hydrogens (tertiary/aromatic N) is 3. The van der Waals surface area contributed by atoms with Crippen molar-refractivity contribution in [2.45, 2.75) is 25.8 Å². The Hall–Kier alpha value is -3.23. The number of thiazole rings is 1. The van der Waals surface area contributed by atoms with Crippen LogP contribution in [0.1, 0.15) is 22.6 Å². The van der Waals surface area contributed by atoms with Crippen molar-refractivity contribution in [1.82, 2.24) is 15.2 Å². The summed E-state index contributed by atoms with van der Waals surface area (Å²) in [7, 11) is 2.15. The number of carbonyl (C=O) groups excluding carboxylic acids is 1. The first-order valence-electron chi connectivity index (χ1n) is 12.0. The van der Waals surface area contributed by atoms with Crippen molar-refractivity contribution in [3.63, 3.8) is 0 Å². The molecule has 0 radical (unpaired) electrons. The van der Waals surface area contributed by atoms with Gasteiger partial charge in [-0.15, -0.1) is 11.3 Å². The van der Waals surface area contributed by atoms with Gasteiger partial charge < -0.3 is 20.2 Å². The fourth-order valence-electron chi connectivity index (χ4n) is 5.14. The predicted molar refractivity (Wildman–Crippen MR) is 138 cm³/mol. The molecule has 0 bridgehead atoms. The summed E-state index contributed by atoms with van der Waals surface area (Å²) >= 11 is 1.51. The molecule has 0 spiro atoms. The first-order chi connectivity index (χ1) is 16.9. The average Bonchev–Trinajstić information content (AvgIpc) is 3.48. The molecule has 0 saturated carbocycles. The lowest BCUT2D eigenvalue weighted by atomic mass is 9.80. The van der Waals surface area contributed by atoms with Crippen LogP contribution in [0, 0.1) is 5.41 Å². The number of nitrogens with one attached hydrogen (secondary N) is 1. The highest BCUT2D eigenvalue weighted by atomic mass is 32.1. The Labute approximate surface area is 209 Å².